The molecule has 2 aromatic rings. The van der Waals surface area contributed by atoms with E-state index in [1.807, 2.05) is 20.8 Å². The number of carbonyl (C=O) groups is 1. The summed E-state index contributed by atoms with van der Waals surface area (Å²) in [6.07, 6.45) is 0. The lowest BCUT2D eigenvalue weighted by molar-refractivity contribution is 0.0903. The van der Waals surface area contributed by atoms with Crippen LogP contribution in [-0.4, -0.2) is 16.0 Å². The molecule has 1 amide bonds. The van der Waals surface area contributed by atoms with Crippen molar-refractivity contribution in [3.8, 4) is 0 Å². The minimum absolute atomic E-state index is 0.0184. The molecule has 0 fully saturated rings. The first-order valence-corrected chi connectivity index (χ1v) is 7.03. The fraction of sp³-hybridized carbons (Fsp3) is 0.438. The minimum Gasteiger partial charge on any atom is -0.340 e. The molecule has 0 bridgehead atoms. The van der Waals surface area contributed by atoms with Gasteiger partial charge in [-0.25, -0.2) is 4.39 Å². The zero-order valence-electron chi connectivity index (χ0n) is 13.4. The van der Waals surface area contributed by atoms with E-state index in [0.717, 1.165) is 0 Å². The zero-order chi connectivity index (χ0) is 16.5. The summed E-state index contributed by atoms with van der Waals surface area (Å²) in [6.45, 7) is 9.34. The Kier molecular flexibility index (Phi) is 4.04. The standard InChI is InChI=1S/C16H20FN3O2/c1-15(2,3)14-18-13(20-22-14)16(4,5)19-12(21)10-8-6-7-9-11(10)17/h6-9H,1-5H3,(H,19,21). The fourth-order valence-electron chi connectivity index (χ4n) is 1.83. The van der Waals surface area contributed by atoms with Crippen molar-refractivity contribution in [2.75, 3.05) is 0 Å². The molecule has 1 aromatic heterocycles. The van der Waals surface area contributed by atoms with Crippen LogP contribution in [0.15, 0.2) is 28.8 Å². The van der Waals surface area contributed by atoms with Crippen molar-refractivity contribution in [1.82, 2.24) is 15.5 Å². The second kappa shape index (κ2) is 5.51. The van der Waals surface area contributed by atoms with Gasteiger partial charge in [0.1, 0.15) is 5.82 Å². The van der Waals surface area contributed by atoms with E-state index < -0.39 is 17.3 Å². The summed E-state index contributed by atoms with van der Waals surface area (Å²) >= 11 is 0. The maximum atomic E-state index is 13.7. The third-order valence-corrected chi connectivity index (χ3v) is 3.17. The number of hydrogen-bond acceptors (Lipinski definition) is 4. The molecule has 6 heteroatoms. The predicted octanol–water partition coefficient (Wildman–Crippen LogP) is 3.17. The number of carbonyl (C=O) groups excluding carboxylic acids is 1. The van der Waals surface area contributed by atoms with Gasteiger partial charge in [-0.1, -0.05) is 38.1 Å². The van der Waals surface area contributed by atoms with Gasteiger partial charge < -0.3 is 9.84 Å². The minimum atomic E-state index is -0.883. The molecule has 1 aromatic carbocycles. The molecule has 0 aliphatic heterocycles. The number of halogens is 1. The SMILES string of the molecule is CC(C)(C)c1nc(C(C)(C)NC(=O)c2ccccc2F)no1. The van der Waals surface area contributed by atoms with Crippen LogP contribution in [0, 0.1) is 5.82 Å². The Balaban J connectivity index is 2.22. The van der Waals surface area contributed by atoms with Crippen molar-refractivity contribution in [2.45, 2.75) is 45.6 Å². The first-order chi connectivity index (χ1) is 10.1. The lowest BCUT2D eigenvalue weighted by Crippen LogP contribution is -2.42. The number of amides is 1. The molecule has 0 spiro atoms. The van der Waals surface area contributed by atoms with Crippen LogP contribution >= 0.6 is 0 Å². The quantitative estimate of drug-likeness (QED) is 0.945. The Hall–Kier alpha value is -2.24. The van der Waals surface area contributed by atoms with Crippen molar-refractivity contribution in [2.24, 2.45) is 0 Å². The maximum Gasteiger partial charge on any atom is 0.255 e. The number of benzene rings is 1. The van der Waals surface area contributed by atoms with Gasteiger partial charge in [0.25, 0.3) is 5.91 Å². The molecular weight excluding hydrogens is 285 g/mol. The summed E-state index contributed by atoms with van der Waals surface area (Å²) in [5.41, 5.74) is -1.18. The largest absolute Gasteiger partial charge is 0.340 e. The molecule has 0 radical (unpaired) electrons. The number of nitrogens with zero attached hydrogens (tertiary/aromatic N) is 2. The van der Waals surface area contributed by atoms with Gasteiger partial charge in [0.05, 0.1) is 11.1 Å². The third-order valence-electron chi connectivity index (χ3n) is 3.17. The Bertz CT molecular complexity index is 687. The molecule has 0 atom stereocenters. The van der Waals surface area contributed by atoms with Gasteiger partial charge in [0.2, 0.25) is 5.89 Å². The lowest BCUT2D eigenvalue weighted by Gasteiger charge is -2.22. The predicted molar refractivity (Wildman–Crippen MR) is 79.9 cm³/mol. The molecule has 22 heavy (non-hydrogen) atoms. The normalized spacial score (nSPS) is 12.3. The van der Waals surface area contributed by atoms with E-state index in [4.69, 9.17) is 4.52 Å². The lowest BCUT2D eigenvalue weighted by atomic mass is 9.96. The summed E-state index contributed by atoms with van der Waals surface area (Å²) in [5, 5.41) is 6.66. The molecular formula is C16H20FN3O2. The van der Waals surface area contributed by atoms with Crippen molar-refractivity contribution >= 4 is 5.91 Å². The van der Waals surface area contributed by atoms with E-state index in [2.05, 4.69) is 15.5 Å². The highest BCUT2D eigenvalue weighted by Crippen LogP contribution is 2.24. The number of nitrogens with one attached hydrogen (secondary N) is 1. The second-order valence-corrected chi connectivity index (χ2v) is 6.73. The van der Waals surface area contributed by atoms with Crippen LogP contribution in [0.25, 0.3) is 0 Å². The molecule has 0 aliphatic carbocycles. The highest BCUT2D eigenvalue weighted by Gasteiger charge is 2.32. The van der Waals surface area contributed by atoms with E-state index in [-0.39, 0.29) is 11.0 Å². The Labute approximate surface area is 128 Å². The van der Waals surface area contributed by atoms with E-state index in [1.165, 1.54) is 18.2 Å². The molecule has 5 nitrogen and oxygen atoms in total. The molecule has 0 saturated heterocycles. The Morgan fingerprint density at radius 2 is 1.82 bits per heavy atom. The highest BCUT2D eigenvalue weighted by atomic mass is 19.1. The molecule has 2 rings (SSSR count). The zero-order valence-corrected chi connectivity index (χ0v) is 13.4. The molecule has 0 unspecified atom stereocenters. The Morgan fingerprint density at radius 1 is 1.18 bits per heavy atom. The van der Waals surface area contributed by atoms with Gasteiger partial charge >= 0.3 is 0 Å². The monoisotopic (exact) mass is 305 g/mol. The summed E-state index contributed by atoms with van der Waals surface area (Å²) in [6, 6.07) is 5.81. The summed E-state index contributed by atoms with van der Waals surface area (Å²) in [4.78, 5) is 16.6. The van der Waals surface area contributed by atoms with Crippen LogP contribution in [0.5, 0.6) is 0 Å². The number of aromatic nitrogens is 2. The molecule has 0 saturated carbocycles. The van der Waals surface area contributed by atoms with Crippen LogP contribution in [0.2, 0.25) is 0 Å². The number of hydrogen-bond donors (Lipinski definition) is 1. The van der Waals surface area contributed by atoms with Crippen LogP contribution in [0.4, 0.5) is 4.39 Å². The van der Waals surface area contributed by atoms with Crippen LogP contribution in [0.3, 0.4) is 0 Å². The van der Waals surface area contributed by atoms with E-state index in [0.29, 0.717) is 11.7 Å². The summed E-state index contributed by atoms with van der Waals surface area (Å²) < 4.78 is 18.9. The smallest absolute Gasteiger partial charge is 0.255 e. The molecule has 0 aliphatic rings. The molecule has 1 heterocycles. The summed E-state index contributed by atoms with van der Waals surface area (Å²) in [5.74, 6) is -0.262. The summed E-state index contributed by atoms with van der Waals surface area (Å²) in [7, 11) is 0. The van der Waals surface area contributed by atoms with Gasteiger partial charge in [-0.15, -0.1) is 0 Å². The van der Waals surface area contributed by atoms with Crippen molar-refractivity contribution in [1.29, 1.82) is 0 Å². The van der Waals surface area contributed by atoms with Gasteiger partial charge in [-0.3, -0.25) is 4.79 Å². The van der Waals surface area contributed by atoms with Crippen molar-refractivity contribution in [3.63, 3.8) is 0 Å². The first kappa shape index (κ1) is 16.1. The van der Waals surface area contributed by atoms with Crippen molar-refractivity contribution < 1.29 is 13.7 Å². The molecule has 118 valence electrons. The van der Waals surface area contributed by atoms with Crippen LogP contribution in [0.1, 0.15) is 56.7 Å². The molecule has 1 N–H and O–H groups in total. The fourth-order valence-corrected chi connectivity index (χ4v) is 1.83. The van der Waals surface area contributed by atoms with Crippen LogP contribution < -0.4 is 5.32 Å². The van der Waals surface area contributed by atoms with E-state index >= 15 is 0 Å². The maximum absolute atomic E-state index is 13.7. The van der Waals surface area contributed by atoms with Gasteiger partial charge in [0.15, 0.2) is 5.82 Å². The third kappa shape index (κ3) is 3.32. The van der Waals surface area contributed by atoms with E-state index in [9.17, 15) is 9.18 Å². The second-order valence-electron chi connectivity index (χ2n) is 6.73. The highest BCUT2D eigenvalue weighted by molar-refractivity contribution is 5.94. The van der Waals surface area contributed by atoms with Gasteiger partial charge in [-0.2, -0.15) is 4.98 Å². The first-order valence-electron chi connectivity index (χ1n) is 7.03. The van der Waals surface area contributed by atoms with Crippen molar-refractivity contribution in [3.05, 3.63) is 47.4 Å². The Morgan fingerprint density at radius 3 is 2.36 bits per heavy atom. The average Bonchev–Trinajstić information content (AvgIpc) is 2.88. The van der Waals surface area contributed by atoms with Gasteiger partial charge in [-0.05, 0) is 26.0 Å². The topological polar surface area (TPSA) is 68.0 Å². The van der Waals surface area contributed by atoms with Gasteiger partial charge in [0, 0.05) is 5.41 Å². The van der Waals surface area contributed by atoms with Crippen LogP contribution in [-0.2, 0) is 11.0 Å². The number of rotatable bonds is 3. The van der Waals surface area contributed by atoms with E-state index in [1.54, 1.807) is 19.9 Å². The average molecular weight is 305 g/mol.